The number of nitrogen functional groups attached to an aromatic ring is 1. The lowest BCUT2D eigenvalue weighted by molar-refractivity contribution is -0.383. The number of anilines is 5. The molecule has 18 heteroatoms. The van der Waals surface area contributed by atoms with E-state index in [4.69, 9.17) is 38.4 Å². The lowest BCUT2D eigenvalue weighted by Gasteiger charge is -2.15. The third kappa shape index (κ3) is 8.24. The van der Waals surface area contributed by atoms with E-state index in [1.807, 2.05) is 0 Å². The highest BCUT2D eigenvalue weighted by Gasteiger charge is 2.33. The van der Waals surface area contributed by atoms with Gasteiger partial charge in [0, 0.05) is 22.1 Å². The Balaban J connectivity index is 0.000000202. The van der Waals surface area contributed by atoms with E-state index in [-0.39, 0.29) is 32.9 Å². The standard InChI is InChI=1S/C17H11ClF3N3O3.C17H13ClF3N3O/c1-27-11-5-3-10(4-6-11)22-14-12-7-2-9(17(19,20)21)8-13(12)23-16(18)15(14)24(25)26;1-25-11-5-3-10(4-6-11)23-15-12-7-2-9(17(19,20)21)8-13(12)24-16(18)14(15)22/h2-8H,1H3,(H,22,23);2-8H,22H2,1H3,(H,23,24). The number of halogens is 8. The number of methoxy groups -OCH3 is 2. The second-order valence-electron chi connectivity index (χ2n) is 10.7. The molecule has 0 bridgehead atoms. The summed E-state index contributed by atoms with van der Waals surface area (Å²) in [7, 11) is 3.04. The van der Waals surface area contributed by atoms with Crippen LogP contribution < -0.4 is 25.8 Å². The quantitative estimate of drug-likeness (QED) is 0.0627. The number of hydrogen-bond donors (Lipinski definition) is 3. The number of alkyl halides is 6. The molecule has 0 spiro atoms. The molecule has 0 amide bonds. The molecule has 270 valence electrons. The van der Waals surface area contributed by atoms with Crippen LogP contribution in [0.2, 0.25) is 10.3 Å². The molecule has 0 fully saturated rings. The number of nitro groups is 1. The van der Waals surface area contributed by atoms with E-state index in [0.29, 0.717) is 33.9 Å². The fraction of sp³-hybridized carbons (Fsp3) is 0.118. The number of aromatic nitrogens is 2. The molecule has 2 heterocycles. The highest BCUT2D eigenvalue weighted by Crippen LogP contribution is 2.42. The van der Waals surface area contributed by atoms with Gasteiger partial charge in [-0.2, -0.15) is 26.3 Å². The molecular weight excluding hydrogens is 741 g/mol. The van der Waals surface area contributed by atoms with Gasteiger partial charge in [-0.25, -0.2) is 9.97 Å². The van der Waals surface area contributed by atoms with E-state index in [9.17, 15) is 36.5 Å². The zero-order chi connectivity index (χ0) is 38.0. The van der Waals surface area contributed by atoms with Crippen LogP contribution in [0, 0.1) is 10.1 Å². The number of fused-ring (bicyclic) bond motifs is 2. The number of nitrogens with zero attached hydrogens (tertiary/aromatic N) is 3. The van der Waals surface area contributed by atoms with Gasteiger partial charge in [-0.05, 0) is 78.9 Å². The average Bonchev–Trinajstić information content (AvgIpc) is 3.09. The van der Waals surface area contributed by atoms with Crippen molar-refractivity contribution in [2.24, 2.45) is 0 Å². The van der Waals surface area contributed by atoms with Crippen molar-refractivity contribution in [2.45, 2.75) is 12.4 Å². The van der Waals surface area contributed by atoms with Crippen molar-refractivity contribution >= 4 is 79.1 Å². The molecule has 52 heavy (non-hydrogen) atoms. The number of benzene rings is 4. The highest BCUT2D eigenvalue weighted by molar-refractivity contribution is 6.34. The summed E-state index contributed by atoms with van der Waals surface area (Å²) in [6, 6.07) is 19.5. The Morgan fingerprint density at radius 3 is 1.48 bits per heavy atom. The molecule has 6 aromatic rings. The van der Waals surface area contributed by atoms with Crippen LogP contribution in [0.15, 0.2) is 84.9 Å². The van der Waals surface area contributed by atoms with Crippen LogP contribution in [-0.4, -0.2) is 29.1 Å². The van der Waals surface area contributed by atoms with Crippen LogP contribution in [0.4, 0.5) is 60.5 Å². The number of nitrogens with two attached hydrogens (primary N) is 1. The molecule has 2 aromatic heterocycles. The topological polar surface area (TPSA) is 137 Å². The summed E-state index contributed by atoms with van der Waals surface area (Å²) >= 11 is 11.9. The van der Waals surface area contributed by atoms with Gasteiger partial charge in [-0.1, -0.05) is 29.3 Å². The summed E-state index contributed by atoms with van der Waals surface area (Å²) in [6.07, 6.45) is -9.04. The summed E-state index contributed by atoms with van der Waals surface area (Å²) < 4.78 is 87.7. The van der Waals surface area contributed by atoms with Crippen molar-refractivity contribution in [3.8, 4) is 11.5 Å². The maximum atomic E-state index is 12.9. The van der Waals surface area contributed by atoms with Gasteiger partial charge in [0.25, 0.3) is 0 Å². The molecule has 0 saturated heterocycles. The van der Waals surface area contributed by atoms with Crippen molar-refractivity contribution in [3.63, 3.8) is 0 Å². The van der Waals surface area contributed by atoms with Crippen molar-refractivity contribution in [1.29, 1.82) is 0 Å². The Hall–Kier alpha value is -5.74. The first-order valence-corrected chi connectivity index (χ1v) is 15.4. The van der Waals surface area contributed by atoms with Gasteiger partial charge in [0.1, 0.15) is 17.2 Å². The van der Waals surface area contributed by atoms with Crippen molar-refractivity contribution in [1.82, 2.24) is 9.97 Å². The molecule has 10 nitrogen and oxygen atoms in total. The Morgan fingerprint density at radius 1 is 0.673 bits per heavy atom. The second kappa shape index (κ2) is 14.9. The second-order valence-corrected chi connectivity index (χ2v) is 11.5. The number of hydrogen-bond acceptors (Lipinski definition) is 9. The summed E-state index contributed by atoms with van der Waals surface area (Å²) in [5.74, 6) is 1.24. The van der Waals surface area contributed by atoms with Crippen LogP contribution in [0.5, 0.6) is 11.5 Å². The lowest BCUT2D eigenvalue weighted by Crippen LogP contribution is -2.06. The third-order valence-corrected chi connectivity index (χ3v) is 8.00. The molecule has 0 unspecified atom stereocenters. The first-order valence-electron chi connectivity index (χ1n) is 14.6. The zero-order valence-electron chi connectivity index (χ0n) is 26.7. The Labute approximate surface area is 300 Å². The maximum absolute atomic E-state index is 12.9. The lowest BCUT2D eigenvalue weighted by atomic mass is 10.1. The van der Waals surface area contributed by atoms with Gasteiger partial charge >= 0.3 is 18.0 Å². The number of rotatable bonds is 7. The maximum Gasteiger partial charge on any atom is 0.416 e. The molecule has 0 saturated carbocycles. The van der Waals surface area contributed by atoms with Crippen molar-refractivity contribution in [2.75, 3.05) is 30.6 Å². The number of ether oxygens (including phenoxy) is 2. The van der Waals surface area contributed by atoms with Crippen molar-refractivity contribution < 1.29 is 40.7 Å². The first kappa shape index (κ1) is 37.5. The van der Waals surface area contributed by atoms with Gasteiger partial charge in [0.2, 0.25) is 5.15 Å². The molecule has 0 radical (unpaired) electrons. The van der Waals surface area contributed by atoms with Gasteiger partial charge < -0.3 is 25.8 Å². The molecule has 0 atom stereocenters. The summed E-state index contributed by atoms with van der Waals surface area (Å²) in [5.41, 5.74) is 5.35. The smallest absolute Gasteiger partial charge is 0.416 e. The van der Waals surface area contributed by atoms with E-state index in [1.54, 1.807) is 55.6 Å². The SMILES string of the molecule is COc1ccc(Nc2c(N)c(Cl)nc3cc(C(F)(F)F)ccc23)cc1.COc1ccc(Nc2c([N+](=O)[O-])c(Cl)nc3cc(C(F)(F)F)ccc23)cc1. The zero-order valence-corrected chi connectivity index (χ0v) is 28.2. The van der Waals surface area contributed by atoms with Gasteiger partial charge in [-0.15, -0.1) is 0 Å². The van der Waals surface area contributed by atoms with Gasteiger partial charge in [-0.3, -0.25) is 10.1 Å². The minimum Gasteiger partial charge on any atom is -0.497 e. The normalized spacial score (nSPS) is 11.5. The fourth-order valence-corrected chi connectivity index (χ4v) is 5.33. The Morgan fingerprint density at radius 2 is 1.08 bits per heavy atom. The largest absolute Gasteiger partial charge is 0.497 e. The number of nitrogens with one attached hydrogen (secondary N) is 2. The molecule has 0 aliphatic heterocycles. The third-order valence-electron chi connectivity index (χ3n) is 7.45. The monoisotopic (exact) mass is 764 g/mol. The van der Waals surface area contributed by atoms with E-state index in [2.05, 4.69) is 20.6 Å². The molecule has 0 aliphatic carbocycles. The van der Waals surface area contributed by atoms with Crippen LogP contribution in [-0.2, 0) is 12.4 Å². The van der Waals surface area contributed by atoms with Crippen LogP contribution in [0.3, 0.4) is 0 Å². The molecule has 0 aliphatic rings. The molecular formula is C34H24Cl2F6N6O4. The average molecular weight is 765 g/mol. The molecule has 4 N–H and O–H groups in total. The first-order chi connectivity index (χ1) is 24.5. The summed E-state index contributed by atoms with van der Waals surface area (Å²) in [5, 5.41) is 17.4. The van der Waals surface area contributed by atoms with E-state index >= 15 is 0 Å². The van der Waals surface area contributed by atoms with Crippen LogP contribution in [0.1, 0.15) is 11.1 Å². The van der Waals surface area contributed by atoms with Crippen LogP contribution in [0.25, 0.3) is 21.8 Å². The van der Waals surface area contributed by atoms with Crippen molar-refractivity contribution in [3.05, 3.63) is 116 Å². The van der Waals surface area contributed by atoms with Crippen LogP contribution >= 0.6 is 23.2 Å². The Bertz CT molecular complexity index is 2270. The minimum atomic E-state index is -4.58. The van der Waals surface area contributed by atoms with E-state index in [0.717, 1.165) is 30.3 Å². The predicted molar refractivity (Wildman–Crippen MR) is 187 cm³/mol. The summed E-state index contributed by atoms with van der Waals surface area (Å²) in [4.78, 5) is 18.4. The predicted octanol–water partition coefficient (Wildman–Crippen LogP) is 10.8. The summed E-state index contributed by atoms with van der Waals surface area (Å²) in [6.45, 7) is 0. The minimum absolute atomic E-state index is 0.0473. The van der Waals surface area contributed by atoms with E-state index < -0.39 is 39.2 Å². The molecule has 6 rings (SSSR count). The highest BCUT2D eigenvalue weighted by atomic mass is 35.5. The van der Waals surface area contributed by atoms with Gasteiger partial charge in [0.05, 0.1) is 52.7 Å². The molecule has 4 aromatic carbocycles. The Kier molecular flexibility index (Phi) is 10.7. The van der Waals surface area contributed by atoms with Gasteiger partial charge in [0.15, 0.2) is 5.15 Å². The fourth-order valence-electron chi connectivity index (χ4n) is 4.89. The van der Waals surface area contributed by atoms with E-state index in [1.165, 1.54) is 13.2 Å². The number of pyridine rings is 2.